The monoisotopic (exact) mass is 330 g/mol. The second-order valence-corrected chi connectivity index (χ2v) is 5.07. The van der Waals surface area contributed by atoms with Gasteiger partial charge in [-0.25, -0.2) is 4.68 Å². The minimum absolute atomic E-state index is 0.503. The van der Waals surface area contributed by atoms with E-state index in [1.807, 2.05) is 27.0 Å². The van der Waals surface area contributed by atoms with E-state index in [2.05, 4.69) is 29.5 Å². The molecule has 7 heteroatoms. The Hall–Kier alpha value is -1.02. The Bertz CT molecular complexity index is 359. The molecular formula is C16H34N4O3. The Morgan fingerprint density at radius 3 is 2.09 bits per heavy atom. The van der Waals surface area contributed by atoms with Crippen molar-refractivity contribution in [2.24, 2.45) is 0 Å². The van der Waals surface area contributed by atoms with E-state index in [1.165, 1.54) is 0 Å². The molecule has 1 aromatic rings. The fourth-order valence-corrected chi connectivity index (χ4v) is 1.62. The Morgan fingerprint density at radius 2 is 1.57 bits per heavy atom. The maximum atomic E-state index is 5.45. The number of hydrogen-bond donors (Lipinski definition) is 1. The van der Waals surface area contributed by atoms with Crippen LogP contribution in [0.2, 0.25) is 0 Å². The molecule has 0 saturated carbocycles. The summed E-state index contributed by atoms with van der Waals surface area (Å²) in [5.74, 6) is 0. The molecule has 1 aromatic heterocycles. The van der Waals surface area contributed by atoms with E-state index in [4.69, 9.17) is 14.2 Å². The van der Waals surface area contributed by atoms with Crippen molar-refractivity contribution in [3.8, 4) is 0 Å². The number of hydrogen-bond acceptors (Lipinski definition) is 6. The van der Waals surface area contributed by atoms with Gasteiger partial charge in [-0.15, -0.1) is 5.10 Å². The summed E-state index contributed by atoms with van der Waals surface area (Å²) in [5.41, 5.74) is 0.918. The number of ether oxygens (including phenoxy) is 3. The maximum absolute atomic E-state index is 5.45. The maximum Gasteiger partial charge on any atom is 0.0796 e. The lowest BCUT2D eigenvalue weighted by atomic mass is 10.4. The highest BCUT2D eigenvalue weighted by molar-refractivity contribution is 4.86. The molecule has 0 amide bonds. The van der Waals surface area contributed by atoms with Crippen LogP contribution in [0.4, 0.5) is 0 Å². The molecule has 0 aliphatic carbocycles. The van der Waals surface area contributed by atoms with Crippen molar-refractivity contribution < 1.29 is 14.2 Å². The summed E-state index contributed by atoms with van der Waals surface area (Å²) in [5, 5.41) is 11.1. The second-order valence-electron chi connectivity index (χ2n) is 5.07. The van der Waals surface area contributed by atoms with Crippen LogP contribution in [0, 0.1) is 6.92 Å². The lowest BCUT2D eigenvalue weighted by Crippen LogP contribution is -2.27. The summed E-state index contributed by atoms with van der Waals surface area (Å²) in [6.07, 6.45) is 1.89. The standard InChI is InChI=1S/C14H28N4O3.C2H6/c1-13(2)15-4-6-19-8-10-21-11-9-20-7-5-18-12-14(3)16-17-18;1-2/h12-13,15H,4-11H2,1-3H3;1-2H3. The van der Waals surface area contributed by atoms with Crippen LogP contribution in [0.25, 0.3) is 0 Å². The van der Waals surface area contributed by atoms with Gasteiger partial charge in [0.2, 0.25) is 0 Å². The Balaban J connectivity index is 0.00000232. The van der Waals surface area contributed by atoms with Crippen LogP contribution in [0.15, 0.2) is 6.20 Å². The van der Waals surface area contributed by atoms with Gasteiger partial charge < -0.3 is 19.5 Å². The Kier molecular flexibility index (Phi) is 15.2. The van der Waals surface area contributed by atoms with E-state index < -0.39 is 0 Å². The SMILES string of the molecule is CC.Cc1cn(CCOCCOCCOCCNC(C)C)nn1. The number of rotatable bonds is 13. The van der Waals surface area contributed by atoms with Crippen LogP contribution in [0.1, 0.15) is 33.4 Å². The molecule has 0 aliphatic rings. The van der Waals surface area contributed by atoms with E-state index in [9.17, 15) is 0 Å². The van der Waals surface area contributed by atoms with Gasteiger partial charge in [-0.05, 0) is 6.92 Å². The molecule has 1 heterocycles. The first-order valence-corrected chi connectivity index (χ1v) is 8.52. The van der Waals surface area contributed by atoms with E-state index in [-0.39, 0.29) is 0 Å². The number of nitrogens with one attached hydrogen (secondary N) is 1. The molecule has 0 aliphatic heterocycles. The van der Waals surface area contributed by atoms with Gasteiger partial charge in [-0.1, -0.05) is 32.9 Å². The van der Waals surface area contributed by atoms with Gasteiger partial charge in [0.1, 0.15) is 0 Å². The molecule has 0 unspecified atom stereocenters. The molecule has 0 saturated heterocycles. The second kappa shape index (κ2) is 15.9. The first-order valence-electron chi connectivity index (χ1n) is 8.52. The quantitative estimate of drug-likeness (QED) is 0.555. The summed E-state index contributed by atoms with van der Waals surface area (Å²) in [7, 11) is 0. The van der Waals surface area contributed by atoms with Crippen LogP contribution >= 0.6 is 0 Å². The molecule has 0 radical (unpaired) electrons. The first kappa shape index (κ1) is 22.0. The molecule has 0 fully saturated rings. The number of aryl methyl sites for hydroxylation is 1. The van der Waals surface area contributed by atoms with Crippen LogP contribution < -0.4 is 5.32 Å². The van der Waals surface area contributed by atoms with Crippen molar-refractivity contribution >= 4 is 0 Å². The van der Waals surface area contributed by atoms with Crippen molar-refractivity contribution in [1.82, 2.24) is 20.3 Å². The van der Waals surface area contributed by atoms with Crippen molar-refractivity contribution in [1.29, 1.82) is 0 Å². The van der Waals surface area contributed by atoms with Crippen LogP contribution in [0.3, 0.4) is 0 Å². The van der Waals surface area contributed by atoms with Gasteiger partial charge in [-0.2, -0.15) is 0 Å². The molecule has 0 aromatic carbocycles. The third-order valence-corrected chi connectivity index (χ3v) is 2.66. The van der Waals surface area contributed by atoms with Gasteiger partial charge in [-0.3, -0.25) is 0 Å². The van der Waals surface area contributed by atoms with Crippen LogP contribution in [-0.2, 0) is 20.8 Å². The molecule has 7 nitrogen and oxygen atoms in total. The normalized spacial score (nSPS) is 10.7. The lowest BCUT2D eigenvalue weighted by Gasteiger charge is -2.09. The minimum Gasteiger partial charge on any atom is -0.378 e. The zero-order valence-electron chi connectivity index (χ0n) is 15.4. The molecule has 136 valence electrons. The smallest absolute Gasteiger partial charge is 0.0796 e. The average Bonchev–Trinajstić information content (AvgIpc) is 2.95. The summed E-state index contributed by atoms with van der Waals surface area (Å²) in [4.78, 5) is 0. The summed E-state index contributed by atoms with van der Waals surface area (Å²) in [6, 6.07) is 0.503. The number of nitrogens with zero attached hydrogens (tertiary/aromatic N) is 3. The predicted octanol–water partition coefficient (Wildman–Crippen LogP) is 1.66. The Morgan fingerprint density at radius 1 is 1.00 bits per heavy atom. The van der Waals surface area contributed by atoms with Crippen molar-refractivity contribution in [3.63, 3.8) is 0 Å². The third kappa shape index (κ3) is 14.3. The predicted molar refractivity (Wildman–Crippen MR) is 91.7 cm³/mol. The molecule has 1 rings (SSSR count). The van der Waals surface area contributed by atoms with Crippen molar-refractivity contribution in [2.45, 2.75) is 47.2 Å². The van der Waals surface area contributed by atoms with Crippen LogP contribution in [0.5, 0.6) is 0 Å². The van der Waals surface area contributed by atoms with Gasteiger partial charge in [0, 0.05) is 18.8 Å². The molecule has 1 N–H and O–H groups in total. The van der Waals surface area contributed by atoms with Crippen LogP contribution in [-0.4, -0.2) is 67.2 Å². The average molecular weight is 330 g/mol. The molecule has 0 spiro atoms. The summed E-state index contributed by atoms with van der Waals surface area (Å²) in [6.45, 7) is 15.5. The summed E-state index contributed by atoms with van der Waals surface area (Å²) < 4.78 is 18.1. The van der Waals surface area contributed by atoms with Crippen molar-refractivity contribution in [3.05, 3.63) is 11.9 Å². The topological polar surface area (TPSA) is 70.4 Å². The minimum atomic E-state index is 0.503. The molecule has 0 atom stereocenters. The highest BCUT2D eigenvalue weighted by Gasteiger charge is 1.96. The van der Waals surface area contributed by atoms with E-state index >= 15 is 0 Å². The van der Waals surface area contributed by atoms with E-state index in [0.717, 1.165) is 18.8 Å². The number of aromatic nitrogens is 3. The molecular weight excluding hydrogens is 296 g/mol. The zero-order valence-corrected chi connectivity index (χ0v) is 15.4. The molecule has 23 heavy (non-hydrogen) atoms. The molecule has 0 bridgehead atoms. The third-order valence-electron chi connectivity index (χ3n) is 2.66. The largest absolute Gasteiger partial charge is 0.378 e. The van der Waals surface area contributed by atoms with Gasteiger partial charge >= 0.3 is 0 Å². The van der Waals surface area contributed by atoms with Gasteiger partial charge in [0.05, 0.1) is 51.9 Å². The first-order chi connectivity index (χ1) is 11.2. The van der Waals surface area contributed by atoms with E-state index in [1.54, 1.807) is 4.68 Å². The van der Waals surface area contributed by atoms with Gasteiger partial charge in [0.25, 0.3) is 0 Å². The van der Waals surface area contributed by atoms with E-state index in [0.29, 0.717) is 45.6 Å². The highest BCUT2D eigenvalue weighted by atomic mass is 16.5. The lowest BCUT2D eigenvalue weighted by molar-refractivity contribution is 0.0131. The fourth-order valence-electron chi connectivity index (χ4n) is 1.62. The summed E-state index contributed by atoms with van der Waals surface area (Å²) >= 11 is 0. The Labute approximate surface area is 140 Å². The highest BCUT2D eigenvalue weighted by Crippen LogP contribution is 1.89. The van der Waals surface area contributed by atoms with Crippen molar-refractivity contribution in [2.75, 3.05) is 46.2 Å². The fraction of sp³-hybridized carbons (Fsp3) is 0.875. The zero-order chi connectivity index (χ0) is 17.3. The van der Waals surface area contributed by atoms with Gasteiger partial charge in [0.15, 0.2) is 0 Å².